The van der Waals surface area contributed by atoms with Crippen LogP contribution in [0.4, 0.5) is 0 Å². The van der Waals surface area contributed by atoms with Crippen LogP contribution in [-0.4, -0.2) is 27.9 Å². The van der Waals surface area contributed by atoms with E-state index in [4.69, 9.17) is 31.5 Å². The van der Waals surface area contributed by atoms with Crippen LogP contribution in [0, 0.1) is 0 Å². The van der Waals surface area contributed by atoms with Gasteiger partial charge in [-0.05, 0) is 54.4 Å². The number of rotatable bonds is 7. The standard InChI is InChI=1S/C18H22ClNO3/c1-21-16-7-5-15(19)9-13(16)8-14(11-20)12-4-6-17(22-2)18(10-12)23-3/h4-7,9-10,14H,8,11,20H2,1-3H3. The second-order valence-electron chi connectivity index (χ2n) is 5.21. The summed E-state index contributed by atoms with van der Waals surface area (Å²) in [6.45, 7) is 0.505. The van der Waals surface area contributed by atoms with Crippen molar-refractivity contribution in [1.82, 2.24) is 0 Å². The highest BCUT2D eigenvalue weighted by Gasteiger charge is 2.16. The van der Waals surface area contributed by atoms with Gasteiger partial charge in [0.15, 0.2) is 11.5 Å². The summed E-state index contributed by atoms with van der Waals surface area (Å²) in [5, 5.41) is 0.684. The van der Waals surface area contributed by atoms with Gasteiger partial charge in [-0.1, -0.05) is 17.7 Å². The molecule has 0 spiro atoms. The van der Waals surface area contributed by atoms with Crippen LogP contribution in [0.3, 0.4) is 0 Å². The molecule has 1 unspecified atom stereocenters. The first-order valence-corrected chi connectivity index (χ1v) is 7.75. The molecule has 2 N–H and O–H groups in total. The van der Waals surface area contributed by atoms with Gasteiger partial charge in [0.25, 0.3) is 0 Å². The van der Waals surface area contributed by atoms with Crippen molar-refractivity contribution in [2.45, 2.75) is 12.3 Å². The molecule has 1 atom stereocenters. The molecule has 0 amide bonds. The van der Waals surface area contributed by atoms with Gasteiger partial charge in [-0.25, -0.2) is 0 Å². The summed E-state index contributed by atoms with van der Waals surface area (Å²) >= 11 is 6.11. The average Bonchev–Trinajstić information content (AvgIpc) is 2.59. The maximum Gasteiger partial charge on any atom is 0.160 e. The Balaban J connectivity index is 2.32. The van der Waals surface area contributed by atoms with Crippen LogP contribution >= 0.6 is 11.6 Å². The Bertz CT molecular complexity index is 661. The zero-order valence-electron chi connectivity index (χ0n) is 13.6. The molecule has 0 saturated heterocycles. The summed E-state index contributed by atoms with van der Waals surface area (Å²) in [6, 6.07) is 11.5. The molecule has 0 saturated carbocycles. The predicted molar refractivity (Wildman–Crippen MR) is 93.0 cm³/mol. The van der Waals surface area contributed by atoms with E-state index in [9.17, 15) is 0 Å². The van der Waals surface area contributed by atoms with E-state index < -0.39 is 0 Å². The van der Waals surface area contributed by atoms with Crippen LogP contribution in [0.15, 0.2) is 36.4 Å². The van der Waals surface area contributed by atoms with Gasteiger partial charge in [-0.3, -0.25) is 0 Å². The lowest BCUT2D eigenvalue weighted by Crippen LogP contribution is -2.15. The Morgan fingerprint density at radius 2 is 1.57 bits per heavy atom. The van der Waals surface area contributed by atoms with E-state index in [0.717, 1.165) is 23.3 Å². The Hall–Kier alpha value is -1.91. The van der Waals surface area contributed by atoms with Crippen molar-refractivity contribution < 1.29 is 14.2 Å². The fraction of sp³-hybridized carbons (Fsp3) is 0.333. The first-order chi connectivity index (χ1) is 11.1. The van der Waals surface area contributed by atoms with Crippen molar-refractivity contribution in [3.63, 3.8) is 0 Å². The van der Waals surface area contributed by atoms with Crippen molar-refractivity contribution in [1.29, 1.82) is 0 Å². The highest BCUT2D eigenvalue weighted by atomic mass is 35.5. The highest BCUT2D eigenvalue weighted by molar-refractivity contribution is 6.30. The fourth-order valence-electron chi connectivity index (χ4n) is 2.62. The average molecular weight is 336 g/mol. The largest absolute Gasteiger partial charge is 0.496 e. The minimum Gasteiger partial charge on any atom is -0.496 e. The lowest BCUT2D eigenvalue weighted by Gasteiger charge is -2.19. The first-order valence-electron chi connectivity index (χ1n) is 7.37. The molecule has 2 rings (SSSR count). The number of halogens is 1. The third kappa shape index (κ3) is 4.09. The van der Waals surface area contributed by atoms with Crippen LogP contribution in [0.25, 0.3) is 0 Å². The molecule has 0 heterocycles. The van der Waals surface area contributed by atoms with E-state index >= 15 is 0 Å². The van der Waals surface area contributed by atoms with E-state index in [1.165, 1.54) is 0 Å². The molecule has 0 aromatic heterocycles. The van der Waals surface area contributed by atoms with Crippen LogP contribution in [0.5, 0.6) is 17.2 Å². The molecule has 124 valence electrons. The number of nitrogens with two attached hydrogens (primary N) is 1. The minimum absolute atomic E-state index is 0.127. The normalized spacial score (nSPS) is 11.9. The number of benzene rings is 2. The lowest BCUT2D eigenvalue weighted by atomic mass is 9.91. The van der Waals surface area contributed by atoms with Gasteiger partial charge in [0.05, 0.1) is 21.3 Å². The molecule has 2 aromatic rings. The molecule has 0 aliphatic rings. The summed E-state index contributed by atoms with van der Waals surface area (Å²) in [5.41, 5.74) is 8.12. The molecular weight excluding hydrogens is 314 g/mol. The van der Waals surface area contributed by atoms with Gasteiger partial charge in [0.2, 0.25) is 0 Å². The summed E-state index contributed by atoms with van der Waals surface area (Å²) in [7, 11) is 4.90. The maximum atomic E-state index is 6.11. The summed E-state index contributed by atoms with van der Waals surface area (Å²) in [4.78, 5) is 0. The van der Waals surface area contributed by atoms with Crippen molar-refractivity contribution >= 4 is 11.6 Å². The summed E-state index contributed by atoms with van der Waals surface area (Å²) in [5.74, 6) is 2.34. The molecule has 0 aliphatic carbocycles. The minimum atomic E-state index is 0.127. The van der Waals surface area contributed by atoms with E-state index in [-0.39, 0.29) is 5.92 Å². The monoisotopic (exact) mass is 335 g/mol. The quantitative estimate of drug-likeness (QED) is 0.839. The van der Waals surface area contributed by atoms with Gasteiger partial charge in [0.1, 0.15) is 5.75 Å². The molecule has 0 aliphatic heterocycles. The van der Waals surface area contributed by atoms with Crippen LogP contribution in [-0.2, 0) is 6.42 Å². The van der Waals surface area contributed by atoms with Gasteiger partial charge in [0, 0.05) is 10.9 Å². The van der Waals surface area contributed by atoms with Gasteiger partial charge in [-0.2, -0.15) is 0 Å². The third-order valence-electron chi connectivity index (χ3n) is 3.87. The molecular formula is C18H22ClNO3. The number of hydrogen-bond donors (Lipinski definition) is 1. The molecule has 4 nitrogen and oxygen atoms in total. The molecule has 0 fully saturated rings. The van der Waals surface area contributed by atoms with Crippen molar-refractivity contribution in [3.8, 4) is 17.2 Å². The number of hydrogen-bond acceptors (Lipinski definition) is 4. The van der Waals surface area contributed by atoms with Crippen LogP contribution < -0.4 is 19.9 Å². The molecule has 23 heavy (non-hydrogen) atoms. The fourth-order valence-corrected chi connectivity index (χ4v) is 2.81. The second kappa shape index (κ2) is 8.09. The van der Waals surface area contributed by atoms with Crippen molar-refractivity contribution in [3.05, 3.63) is 52.5 Å². The Kier molecular flexibility index (Phi) is 6.13. The van der Waals surface area contributed by atoms with E-state index in [0.29, 0.717) is 23.1 Å². The van der Waals surface area contributed by atoms with E-state index in [2.05, 4.69) is 0 Å². The Morgan fingerprint density at radius 3 is 2.17 bits per heavy atom. The highest BCUT2D eigenvalue weighted by Crippen LogP contribution is 2.33. The zero-order valence-corrected chi connectivity index (χ0v) is 14.4. The molecule has 5 heteroatoms. The number of ether oxygens (including phenoxy) is 3. The molecule has 0 radical (unpaired) electrons. The molecule has 0 bridgehead atoms. The maximum absolute atomic E-state index is 6.11. The van der Waals surface area contributed by atoms with Gasteiger partial charge >= 0.3 is 0 Å². The van der Waals surface area contributed by atoms with Crippen molar-refractivity contribution in [2.24, 2.45) is 5.73 Å². The summed E-state index contributed by atoms with van der Waals surface area (Å²) < 4.78 is 16.1. The topological polar surface area (TPSA) is 53.7 Å². The van der Waals surface area contributed by atoms with Gasteiger partial charge < -0.3 is 19.9 Å². The Morgan fingerprint density at radius 1 is 0.913 bits per heavy atom. The van der Waals surface area contributed by atoms with Crippen molar-refractivity contribution in [2.75, 3.05) is 27.9 Å². The summed E-state index contributed by atoms with van der Waals surface area (Å²) in [6.07, 6.45) is 0.732. The Labute approximate surface area is 142 Å². The van der Waals surface area contributed by atoms with E-state index in [1.54, 1.807) is 21.3 Å². The first kappa shape index (κ1) is 17.4. The van der Waals surface area contributed by atoms with Crippen LogP contribution in [0.1, 0.15) is 17.0 Å². The SMILES string of the molecule is COc1ccc(Cl)cc1CC(CN)c1ccc(OC)c(OC)c1. The second-order valence-corrected chi connectivity index (χ2v) is 5.64. The van der Waals surface area contributed by atoms with Crippen LogP contribution in [0.2, 0.25) is 5.02 Å². The third-order valence-corrected chi connectivity index (χ3v) is 4.11. The van der Waals surface area contributed by atoms with Gasteiger partial charge in [-0.15, -0.1) is 0 Å². The van der Waals surface area contributed by atoms with E-state index in [1.807, 2.05) is 36.4 Å². The lowest BCUT2D eigenvalue weighted by molar-refractivity contribution is 0.354. The molecule has 2 aromatic carbocycles. The zero-order chi connectivity index (χ0) is 16.8. The smallest absolute Gasteiger partial charge is 0.160 e. The predicted octanol–water partition coefficient (Wildman–Crippen LogP) is 3.65. The number of methoxy groups -OCH3 is 3.